The van der Waals surface area contributed by atoms with Gasteiger partial charge in [-0.05, 0) is 68.5 Å². The average molecular weight is 435 g/mol. The lowest BCUT2D eigenvalue weighted by atomic mass is 9.95. The van der Waals surface area contributed by atoms with E-state index in [9.17, 15) is 9.18 Å². The zero-order valence-electron chi connectivity index (χ0n) is 17.3. The van der Waals surface area contributed by atoms with Crippen molar-refractivity contribution in [3.05, 3.63) is 76.9 Å². The number of hydrogen-bond donors (Lipinski definition) is 0. The summed E-state index contributed by atoms with van der Waals surface area (Å²) in [6, 6.07) is 14.2. The molecule has 3 aromatic rings. The molecule has 2 aromatic carbocycles. The number of benzene rings is 2. The summed E-state index contributed by atoms with van der Waals surface area (Å²) in [6.07, 6.45) is 3.81. The number of nitrogens with zero attached hydrogens (tertiary/aromatic N) is 4. The Morgan fingerprint density at radius 3 is 2.68 bits per heavy atom. The zero-order valence-corrected chi connectivity index (χ0v) is 18.2. The molecule has 5 rings (SSSR count). The molecule has 0 N–H and O–H groups in total. The number of fused-ring (bicyclic) bond motifs is 1. The molecule has 0 radical (unpaired) electrons. The van der Waals surface area contributed by atoms with Crippen molar-refractivity contribution in [2.75, 3.05) is 12.3 Å². The molecule has 0 atom stereocenters. The Labute approximate surface area is 185 Å². The molecule has 0 bridgehead atoms. The van der Waals surface area contributed by atoms with Crippen LogP contribution in [-0.2, 0) is 12.8 Å². The van der Waals surface area contributed by atoms with Crippen molar-refractivity contribution in [3.8, 4) is 5.69 Å². The van der Waals surface area contributed by atoms with Crippen LogP contribution in [0.15, 0.2) is 53.5 Å². The van der Waals surface area contributed by atoms with Gasteiger partial charge in [-0.1, -0.05) is 30.0 Å². The van der Waals surface area contributed by atoms with E-state index in [1.54, 1.807) is 28.8 Å². The molecule has 2 aliphatic rings. The van der Waals surface area contributed by atoms with Gasteiger partial charge < -0.3 is 0 Å². The van der Waals surface area contributed by atoms with E-state index in [1.165, 1.54) is 12.1 Å². The largest absolute Gasteiger partial charge is 0.285 e. The Balaban J connectivity index is 1.53. The fraction of sp³-hybridized carbons (Fsp3) is 0.292. The third-order valence-corrected chi connectivity index (χ3v) is 6.76. The van der Waals surface area contributed by atoms with Crippen molar-refractivity contribution >= 4 is 28.5 Å². The smallest absolute Gasteiger partial charge is 0.280 e. The number of amidine groups is 1. The van der Waals surface area contributed by atoms with Gasteiger partial charge in [0.1, 0.15) is 5.82 Å². The van der Waals surface area contributed by atoms with Crippen LogP contribution in [0.2, 0.25) is 0 Å². The highest BCUT2D eigenvalue weighted by atomic mass is 32.2. The number of carbonyl (C=O) groups is 1. The van der Waals surface area contributed by atoms with Crippen molar-refractivity contribution in [1.82, 2.24) is 14.7 Å². The van der Waals surface area contributed by atoms with Crippen molar-refractivity contribution in [3.63, 3.8) is 0 Å². The number of para-hydroxylation sites is 1. The quantitative estimate of drug-likeness (QED) is 0.578. The number of thioether (sulfide) groups is 1. The van der Waals surface area contributed by atoms with E-state index in [0.29, 0.717) is 12.2 Å². The van der Waals surface area contributed by atoms with Crippen molar-refractivity contribution < 1.29 is 9.18 Å². The van der Waals surface area contributed by atoms with Crippen LogP contribution in [0.4, 0.5) is 10.1 Å². The van der Waals surface area contributed by atoms with Gasteiger partial charge in [0.25, 0.3) is 5.91 Å². The lowest BCUT2D eigenvalue weighted by Crippen LogP contribution is -2.32. The highest BCUT2D eigenvalue weighted by Crippen LogP contribution is 2.31. The molecule has 1 aliphatic carbocycles. The van der Waals surface area contributed by atoms with Crippen LogP contribution >= 0.6 is 11.8 Å². The van der Waals surface area contributed by atoms with Crippen LogP contribution < -0.4 is 0 Å². The Hall–Kier alpha value is -2.93. The molecular formula is C24H23FN4OS. The van der Waals surface area contributed by atoms with Gasteiger partial charge in [0.15, 0.2) is 10.9 Å². The van der Waals surface area contributed by atoms with E-state index in [4.69, 9.17) is 10.1 Å². The first-order chi connectivity index (χ1) is 15.1. The molecule has 0 unspecified atom stereocenters. The monoisotopic (exact) mass is 434 g/mol. The molecule has 5 nitrogen and oxygen atoms in total. The fourth-order valence-corrected chi connectivity index (χ4v) is 5.12. The third kappa shape index (κ3) is 3.78. The van der Waals surface area contributed by atoms with Gasteiger partial charge in [0.2, 0.25) is 0 Å². The van der Waals surface area contributed by atoms with Gasteiger partial charge in [-0.25, -0.2) is 14.1 Å². The van der Waals surface area contributed by atoms with Crippen LogP contribution in [0, 0.1) is 12.7 Å². The number of aliphatic imine (C=N–C) groups is 1. The highest BCUT2D eigenvalue weighted by Gasteiger charge is 2.33. The number of halogens is 1. The Kier molecular flexibility index (Phi) is 5.36. The highest BCUT2D eigenvalue weighted by molar-refractivity contribution is 8.14. The zero-order chi connectivity index (χ0) is 21.4. The molecule has 0 spiro atoms. The molecule has 158 valence electrons. The van der Waals surface area contributed by atoms with Gasteiger partial charge in [-0.2, -0.15) is 5.10 Å². The van der Waals surface area contributed by atoms with Crippen LogP contribution in [0.1, 0.15) is 40.2 Å². The van der Waals surface area contributed by atoms with Gasteiger partial charge in [-0.3, -0.25) is 9.69 Å². The molecule has 1 fully saturated rings. The lowest BCUT2D eigenvalue weighted by molar-refractivity contribution is 0.0852. The molecule has 31 heavy (non-hydrogen) atoms. The fourth-order valence-electron chi connectivity index (χ4n) is 4.17. The van der Waals surface area contributed by atoms with Crippen molar-refractivity contribution in [1.29, 1.82) is 0 Å². The van der Waals surface area contributed by atoms with Gasteiger partial charge in [0.05, 0.1) is 11.4 Å². The maximum absolute atomic E-state index is 13.6. The lowest BCUT2D eigenvalue weighted by Gasteiger charge is -2.17. The van der Waals surface area contributed by atoms with Crippen LogP contribution in [0.5, 0.6) is 0 Å². The first kappa shape index (κ1) is 20.0. The second-order valence-electron chi connectivity index (χ2n) is 7.86. The van der Waals surface area contributed by atoms with Crippen LogP contribution in [-0.4, -0.2) is 38.1 Å². The number of hydrogen-bond acceptors (Lipinski definition) is 4. The summed E-state index contributed by atoms with van der Waals surface area (Å²) in [5.41, 5.74) is 5.32. The number of aromatic nitrogens is 2. The first-order valence-electron chi connectivity index (χ1n) is 10.6. The van der Waals surface area contributed by atoms with Crippen LogP contribution in [0.3, 0.4) is 0 Å². The minimum absolute atomic E-state index is 0.101. The molecule has 0 saturated carbocycles. The normalized spacial score (nSPS) is 17.2. The van der Waals surface area contributed by atoms with E-state index >= 15 is 0 Å². The Bertz CT molecular complexity index is 1170. The Morgan fingerprint density at radius 1 is 1.10 bits per heavy atom. The summed E-state index contributed by atoms with van der Waals surface area (Å²) < 4.78 is 15.2. The molecule has 1 aliphatic heterocycles. The molecule has 1 saturated heterocycles. The summed E-state index contributed by atoms with van der Waals surface area (Å²) in [5.74, 6) is 0.431. The third-order valence-electron chi connectivity index (χ3n) is 5.81. The van der Waals surface area contributed by atoms with Crippen molar-refractivity contribution in [2.24, 2.45) is 4.99 Å². The second kappa shape index (κ2) is 8.30. The van der Waals surface area contributed by atoms with E-state index in [2.05, 4.69) is 0 Å². The number of rotatable bonds is 3. The summed E-state index contributed by atoms with van der Waals surface area (Å²) in [4.78, 5) is 20.1. The molecule has 7 heteroatoms. The predicted octanol–water partition coefficient (Wildman–Crippen LogP) is 5.08. The Morgan fingerprint density at radius 2 is 1.87 bits per heavy atom. The maximum atomic E-state index is 13.6. The summed E-state index contributed by atoms with van der Waals surface area (Å²) in [6.45, 7) is 2.64. The summed E-state index contributed by atoms with van der Waals surface area (Å²) >= 11 is 1.60. The van der Waals surface area contributed by atoms with E-state index < -0.39 is 0 Å². The van der Waals surface area contributed by atoms with Crippen molar-refractivity contribution in [2.45, 2.75) is 32.6 Å². The SMILES string of the molecule is Cc1ccccc1N=C1SCCN1C(=O)c1nn(-c2ccc(F)cc2)c2c1CCCC2. The number of carbonyl (C=O) groups excluding carboxylic acids is 1. The van der Waals surface area contributed by atoms with Gasteiger partial charge >= 0.3 is 0 Å². The topological polar surface area (TPSA) is 50.5 Å². The standard InChI is InChI=1S/C24H23FN4OS/c1-16-6-2-4-8-20(16)26-24-28(14-15-31-24)23(30)22-19-7-3-5-9-21(19)29(27-22)18-12-10-17(25)11-13-18/h2,4,6,8,10-13H,3,5,7,9,14-15H2,1H3. The van der Waals surface area contributed by atoms with E-state index in [-0.39, 0.29) is 11.7 Å². The first-order valence-corrected chi connectivity index (χ1v) is 11.6. The van der Waals surface area contributed by atoms with E-state index in [0.717, 1.165) is 64.8 Å². The summed E-state index contributed by atoms with van der Waals surface area (Å²) in [7, 11) is 0. The molecule has 1 aromatic heterocycles. The van der Waals surface area contributed by atoms with Gasteiger partial charge in [0, 0.05) is 23.6 Å². The minimum Gasteiger partial charge on any atom is -0.285 e. The summed E-state index contributed by atoms with van der Waals surface area (Å²) in [5, 5.41) is 5.46. The number of aryl methyl sites for hydroxylation is 1. The average Bonchev–Trinajstić information content (AvgIpc) is 3.40. The molecule has 2 heterocycles. The molecule has 1 amide bonds. The second-order valence-corrected chi connectivity index (χ2v) is 8.92. The van der Waals surface area contributed by atoms with Crippen LogP contribution in [0.25, 0.3) is 5.69 Å². The maximum Gasteiger partial charge on any atom is 0.280 e. The van der Waals surface area contributed by atoms with E-state index in [1.807, 2.05) is 35.9 Å². The minimum atomic E-state index is -0.285. The van der Waals surface area contributed by atoms with Gasteiger partial charge in [-0.15, -0.1) is 0 Å². The molecular weight excluding hydrogens is 411 g/mol. The predicted molar refractivity (Wildman–Crippen MR) is 122 cm³/mol. The number of amides is 1.